The van der Waals surface area contributed by atoms with Gasteiger partial charge in [0.05, 0.1) is 24.9 Å². The van der Waals surface area contributed by atoms with Crippen molar-refractivity contribution >= 4 is 40.8 Å². The first kappa shape index (κ1) is 19.7. The molecule has 0 radical (unpaired) electrons. The molecule has 0 saturated heterocycles. The molecular weight excluding hydrogens is 384 g/mol. The van der Waals surface area contributed by atoms with Gasteiger partial charge in [-0.15, -0.1) is 0 Å². The standard InChI is InChI=1S/C20H19ClN2O5/c1-12(28-19(25)10-13-9-14(21)7-8-17(13)27-2)20(26)23-11-18(24)22-15-5-3-4-6-16(15)23/h3-9,12H,10-11H2,1-2H3,(H,22,24)/t12-/m1/s1. The first-order valence-electron chi connectivity index (χ1n) is 8.61. The highest BCUT2D eigenvalue weighted by Gasteiger charge is 2.31. The molecule has 0 fully saturated rings. The molecule has 0 aliphatic carbocycles. The van der Waals surface area contributed by atoms with Crippen LogP contribution in [0.1, 0.15) is 12.5 Å². The maximum atomic E-state index is 12.8. The lowest BCUT2D eigenvalue weighted by Gasteiger charge is -2.30. The Bertz CT molecular complexity index is 931. The number of carbonyl (C=O) groups is 3. The van der Waals surface area contributed by atoms with E-state index < -0.39 is 18.0 Å². The fourth-order valence-electron chi connectivity index (χ4n) is 2.98. The highest BCUT2D eigenvalue weighted by molar-refractivity contribution is 6.30. The number of methoxy groups -OCH3 is 1. The number of nitrogens with zero attached hydrogens (tertiary/aromatic N) is 1. The van der Waals surface area contributed by atoms with E-state index in [0.29, 0.717) is 27.7 Å². The first-order valence-corrected chi connectivity index (χ1v) is 8.99. The summed E-state index contributed by atoms with van der Waals surface area (Å²) in [4.78, 5) is 38.3. The summed E-state index contributed by atoms with van der Waals surface area (Å²) in [5.74, 6) is -0.888. The number of carbonyl (C=O) groups excluding carboxylic acids is 3. The van der Waals surface area contributed by atoms with Crippen LogP contribution < -0.4 is 15.0 Å². The topological polar surface area (TPSA) is 84.9 Å². The summed E-state index contributed by atoms with van der Waals surface area (Å²) in [7, 11) is 1.49. The van der Waals surface area contributed by atoms with Crippen molar-refractivity contribution in [2.75, 3.05) is 23.9 Å². The maximum Gasteiger partial charge on any atom is 0.311 e. The Morgan fingerprint density at radius 3 is 2.75 bits per heavy atom. The number of anilines is 2. The minimum atomic E-state index is -1.06. The summed E-state index contributed by atoms with van der Waals surface area (Å²) >= 11 is 5.97. The predicted octanol–water partition coefficient (Wildman–Crippen LogP) is 2.81. The highest BCUT2D eigenvalue weighted by Crippen LogP contribution is 2.29. The molecule has 1 N–H and O–H groups in total. The number of hydrogen-bond donors (Lipinski definition) is 1. The molecule has 0 saturated carbocycles. The van der Waals surface area contributed by atoms with Gasteiger partial charge in [-0.1, -0.05) is 23.7 Å². The summed E-state index contributed by atoms with van der Waals surface area (Å²) in [5, 5.41) is 3.17. The van der Waals surface area contributed by atoms with Gasteiger partial charge in [0.25, 0.3) is 5.91 Å². The van der Waals surface area contributed by atoms with Crippen LogP contribution in [-0.4, -0.2) is 37.5 Å². The largest absolute Gasteiger partial charge is 0.496 e. The van der Waals surface area contributed by atoms with Crippen molar-refractivity contribution in [2.24, 2.45) is 0 Å². The second-order valence-corrected chi connectivity index (χ2v) is 6.69. The normalized spacial score (nSPS) is 14.0. The third kappa shape index (κ3) is 4.26. The van der Waals surface area contributed by atoms with E-state index in [1.165, 1.54) is 18.9 Å². The Morgan fingerprint density at radius 1 is 1.25 bits per heavy atom. The number of fused-ring (bicyclic) bond motifs is 1. The van der Waals surface area contributed by atoms with Gasteiger partial charge >= 0.3 is 5.97 Å². The van der Waals surface area contributed by atoms with E-state index in [4.69, 9.17) is 21.1 Å². The third-order valence-electron chi connectivity index (χ3n) is 4.27. The number of nitrogens with one attached hydrogen (secondary N) is 1. The van der Waals surface area contributed by atoms with Gasteiger partial charge < -0.3 is 14.8 Å². The Morgan fingerprint density at radius 2 is 2.00 bits per heavy atom. The Kier molecular flexibility index (Phi) is 5.84. The molecule has 2 amide bonds. The van der Waals surface area contributed by atoms with Gasteiger partial charge in [0.15, 0.2) is 6.10 Å². The lowest BCUT2D eigenvalue weighted by Crippen LogP contribution is -2.47. The van der Waals surface area contributed by atoms with Crippen molar-refractivity contribution < 1.29 is 23.9 Å². The lowest BCUT2D eigenvalue weighted by molar-refractivity contribution is -0.153. The highest BCUT2D eigenvalue weighted by atomic mass is 35.5. The van der Waals surface area contributed by atoms with Crippen LogP contribution in [0.4, 0.5) is 11.4 Å². The zero-order valence-electron chi connectivity index (χ0n) is 15.4. The zero-order chi connectivity index (χ0) is 20.3. The molecule has 2 aromatic rings. The van der Waals surface area contributed by atoms with Crippen LogP contribution >= 0.6 is 11.6 Å². The molecule has 1 heterocycles. The van der Waals surface area contributed by atoms with Crippen LogP contribution in [-0.2, 0) is 25.5 Å². The molecule has 8 heteroatoms. The molecule has 1 aliphatic rings. The van der Waals surface area contributed by atoms with E-state index in [-0.39, 0.29) is 18.9 Å². The second kappa shape index (κ2) is 8.31. The van der Waals surface area contributed by atoms with E-state index in [9.17, 15) is 14.4 Å². The number of esters is 1. The SMILES string of the molecule is COc1ccc(Cl)cc1CC(=O)O[C@H](C)C(=O)N1CC(=O)Nc2ccccc21. The number of benzene rings is 2. The summed E-state index contributed by atoms with van der Waals surface area (Å²) in [5.41, 5.74) is 1.66. The number of hydrogen-bond acceptors (Lipinski definition) is 5. The average Bonchev–Trinajstić information content (AvgIpc) is 2.66. The van der Waals surface area contributed by atoms with Crippen molar-refractivity contribution in [3.63, 3.8) is 0 Å². The number of para-hydroxylation sites is 2. The fourth-order valence-corrected chi connectivity index (χ4v) is 3.17. The molecule has 1 aliphatic heterocycles. The summed E-state index contributed by atoms with van der Waals surface area (Å²) < 4.78 is 10.5. The second-order valence-electron chi connectivity index (χ2n) is 6.25. The van der Waals surface area contributed by atoms with Crippen LogP contribution in [0.2, 0.25) is 5.02 Å². The lowest BCUT2D eigenvalue weighted by atomic mass is 10.1. The summed E-state index contributed by atoms with van der Waals surface area (Å²) in [6.45, 7) is 1.34. The molecule has 146 valence electrons. The zero-order valence-corrected chi connectivity index (χ0v) is 16.2. The van der Waals surface area contributed by atoms with E-state index in [1.807, 2.05) is 0 Å². The average molecular weight is 403 g/mol. The van der Waals surface area contributed by atoms with E-state index >= 15 is 0 Å². The van der Waals surface area contributed by atoms with Crippen LogP contribution in [0.3, 0.4) is 0 Å². The Balaban J connectivity index is 1.70. The molecule has 0 spiro atoms. The van der Waals surface area contributed by atoms with Gasteiger partial charge in [-0.3, -0.25) is 19.3 Å². The first-order chi connectivity index (χ1) is 13.4. The molecule has 0 aromatic heterocycles. The quantitative estimate of drug-likeness (QED) is 0.777. The number of amides is 2. The minimum Gasteiger partial charge on any atom is -0.496 e. The number of ether oxygens (including phenoxy) is 2. The van der Waals surface area contributed by atoms with Crippen molar-refractivity contribution in [3.05, 3.63) is 53.1 Å². The maximum absolute atomic E-state index is 12.8. The fraction of sp³-hybridized carbons (Fsp3) is 0.250. The minimum absolute atomic E-state index is 0.0988. The van der Waals surface area contributed by atoms with Crippen molar-refractivity contribution in [1.29, 1.82) is 0 Å². The van der Waals surface area contributed by atoms with Crippen molar-refractivity contribution in [3.8, 4) is 5.75 Å². The van der Waals surface area contributed by atoms with Crippen molar-refractivity contribution in [2.45, 2.75) is 19.4 Å². The number of halogens is 1. The van der Waals surface area contributed by atoms with E-state index in [2.05, 4.69) is 5.32 Å². The molecule has 3 rings (SSSR count). The van der Waals surface area contributed by atoms with Gasteiger partial charge in [-0.25, -0.2) is 0 Å². The van der Waals surface area contributed by atoms with Gasteiger partial charge in [-0.2, -0.15) is 0 Å². The molecule has 28 heavy (non-hydrogen) atoms. The van der Waals surface area contributed by atoms with Crippen LogP contribution in [0.15, 0.2) is 42.5 Å². The van der Waals surface area contributed by atoms with Crippen LogP contribution in [0.25, 0.3) is 0 Å². The molecule has 7 nitrogen and oxygen atoms in total. The van der Waals surface area contributed by atoms with E-state index in [0.717, 1.165) is 0 Å². The van der Waals surface area contributed by atoms with E-state index in [1.54, 1.807) is 42.5 Å². The van der Waals surface area contributed by atoms with Gasteiger partial charge in [0, 0.05) is 10.6 Å². The molecule has 1 atom stereocenters. The van der Waals surface area contributed by atoms with Gasteiger partial charge in [-0.05, 0) is 37.3 Å². The monoisotopic (exact) mass is 402 g/mol. The third-order valence-corrected chi connectivity index (χ3v) is 4.51. The molecule has 0 bridgehead atoms. The summed E-state index contributed by atoms with van der Waals surface area (Å²) in [6, 6.07) is 11.9. The molecule has 2 aromatic carbocycles. The Labute approximate surface area is 167 Å². The molecular formula is C20H19ClN2O5. The smallest absolute Gasteiger partial charge is 0.311 e. The Hall–Kier alpha value is -3.06. The number of rotatable bonds is 5. The molecule has 0 unspecified atom stereocenters. The van der Waals surface area contributed by atoms with Gasteiger partial charge in [0.1, 0.15) is 12.3 Å². The van der Waals surface area contributed by atoms with Crippen LogP contribution in [0, 0.1) is 0 Å². The predicted molar refractivity (Wildman–Crippen MR) is 105 cm³/mol. The summed E-state index contributed by atoms with van der Waals surface area (Å²) in [6.07, 6.45) is -1.16. The van der Waals surface area contributed by atoms with Crippen LogP contribution in [0.5, 0.6) is 5.75 Å². The van der Waals surface area contributed by atoms with Gasteiger partial charge in [0.2, 0.25) is 5.91 Å². The van der Waals surface area contributed by atoms with Crippen molar-refractivity contribution in [1.82, 2.24) is 0 Å².